The molecule has 0 saturated carbocycles. The Morgan fingerprint density at radius 2 is 2.04 bits per heavy atom. The van der Waals surface area contributed by atoms with Crippen LogP contribution in [-0.4, -0.2) is 30.1 Å². The summed E-state index contributed by atoms with van der Waals surface area (Å²) in [5.41, 5.74) is 2.18. The fourth-order valence-corrected chi connectivity index (χ4v) is 2.60. The van der Waals surface area contributed by atoms with Gasteiger partial charge in [0.15, 0.2) is 0 Å². The summed E-state index contributed by atoms with van der Waals surface area (Å²) in [7, 11) is 0. The van der Waals surface area contributed by atoms with E-state index in [0.29, 0.717) is 13.1 Å². The fraction of sp³-hybridized carbons (Fsp3) is 0.421. The standard InChI is InChI=1S/C19H24FNO2/c1-15(8-9-16(2)20)12-18-10-11-21(19(22)14-23-18)13-17-6-4-3-5-7-17/h3-9,18H,10-14H2,1-2H3/b15-8+,16-9+. The van der Waals surface area contributed by atoms with Crippen LogP contribution in [0, 0.1) is 0 Å². The zero-order chi connectivity index (χ0) is 16.7. The van der Waals surface area contributed by atoms with Gasteiger partial charge in [0, 0.05) is 13.1 Å². The molecule has 1 amide bonds. The summed E-state index contributed by atoms with van der Waals surface area (Å²) in [6.07, 6.45) is 4.74. The molecular weight excluding hydrogens is 293 g/mol. The van der Waals surface area contributed by atoms with E-state index in [2.05, 4.69) is 0 Å². The van der Waals surface area contributed by atoms with Gasteiger partial charge < -0.3 is 9.64 Å². The summed E-state index contributed by atoms with van der Waals surface area (Å²) in [6.45, 7) is 4.80. The first kappa shape index (κ1) is 17.4. The Balaban J connectivity index is 1.91. The summed E-state index contributed by atoms with van der Waals surface area (Å²) in [5.74, 6) is -0.187. The molecule has 1 unspecified atom stereocenters. The normalized spacial score (nSPS) is 20.6. The van der Waals surface area contributed by atoms with Crippen molar-refractivity contribution in [3.8, 4) is 0 Å². The number of rotatable bonds is 5. The monoisotopic (exact) mass is 317 g/mol. The van der Waals surface area contributed by atoms with Crippen LogP contribution in [0.25, 0.3) is 0 Å². The fourth-order valence-electron chi connectivity index (χ4n) is 2.60. The van der Waals surface area contributed by atoms with Crippen molar-refractivity contribution in [1.29, 1.82) is 0 Å². The van der Waals surface area contributed by atoms with Gasteiger partial charge in [0.05, 0.1) is 11.9 Å². The molecule has 0 aromatic heterocycles. The lowest BCUT2D eigenvalue weighted by molar-refractivity contribution is -0.135. The molecule has 1 aromatic carbocycles. The number of ether oxygens (including phenoxy) is 1. The minimum absolute atomic E-state index is 0.00397. The van der Waals surface area contributed by atoms with Crippen LogP contribution in [0.5, 0.6) is 0 Å². The molecule has 1 heterocycles. The number of carbonyl (C=O) groups is 1. The number of allylic oxidation sites excluding steroid dienone is 3. The first-order valence-electron chi connectivity index (χ1n) is 7.97. The molecule has 0 spiro atoms. The van der Waals surface area contributed by atoms with Crippen LogP contribution in [0.15, 0.2) is 53.9 Å². The summed E-state index contributed by atoms with van der Waals surface area (Å²) in [4.78, 5) is 14.0. The van der Waals surface area contributed by atoms with Gasteiger partial charge in [0.2, 0.25) is 5.91 Å². The summed E-state index contributed by atoms with van der Waals surface area (Å²) >= 11 is 0. The maximum Gasteiger partial charge on any atom is 0.248 e. The van der Waals surface area contributed by atoms with E-state index in [4.69, 9.17) is 4.74 Å². The third kappa shape index (κ3) is 5.99. The molecule has 0 aliphatic carbocycles. The quantitative estimate of drug-likeness (QED) is 0.768. The molecule has 23 heavy (non-hydrogen) atoms. The van der Waals surface area contributed by atoms with Crippen molar-refractivity contribution in [3.05, 3.63) is 59.4 Å². The molecule has 0 bridgehead atoms. The van der Waals surface area contributed by atoms with Gasteiger partial charge in [0.25, 0.3) is 0 Å². The van der Waals surface area contributed by atoms with Crippen LogP contribution < -0.4 is 0 Å². The number of amides is 1. The number of nitrogens with zero attached hydrogens (tertiary/aromatic N) is 1. The van der Waals surface area contributed by atoms with E-state index in [1.165, 1.54) is 13.0 Å². The second-order valence-electron chi connectivity index (χ2n) is 5.99. The Labute approximate surface area is 137 Å². The van der Waals surface area contributed by atoms with E-state index in [1.54, 1.807) is 6.08 Å². The van der Waals surface area contributed by atoms with Gasteiger partial charge in [-0.2, -0.15) is 0 Å². The van der Waals surface area contributed by atoms with Crippen LogP contribution in [0.4, 0.5) is 4.39 Å². The number of halogens is 1. The Kier molecular flexibility index (Phi) is 6.53. The number of hydrogen-bond acceptors (Lipinski definition) is 2. The largest absolute Gasteiger partial charge is 0.368 e. The summed E-state index contributed by atoms with van der Waals surface area (Å²) in [5, 5.41) is 0. The molecule has 0 radical (unpaired) electrons. The molecule has 1 fully saturated rings. The van der Waals surface area contributed by atoms with Crippen molar-refractivity contribution >= 4 is 5.91 Å². The SMILES string of the molecule is C/C(F)=C\C=C(/C)CC1CCN(Cc2ccccc2)C(=O)CO1. The molecule has 124 valence electrons. The van der Waals surface area contributed by atoms with Gasteiger partial charge in [0.1, 0.15) is 6.61 Å². The molecule has 3 nitrogen and oxygen atoms in total. The maximum atomic E-state index is 12.7. The molecular formula is C19H24FNO2. The van der Waals surface area contributed by atoms with Gasteiger partial charge in [-0.25, -0.2) is 4.39 Å². The lowest BCUT2D eigenvalue weighted by atomic mass is 10.1. The molecule has 0 N–H and O–H groups in total. The van der Waals surface area contributed by atoms with Crippen molar-refractivity contribution in [3.63, 3.8) is 0 Å². The molecule has 1 aromatic rings. The third-order valence-corrected chi connectivity index (χ3v) is 3.88. The van der Waals surface area contributed by atoms with E-state index in [9.17, 15) is 9.18 Å². The molecule has 4 heteroatoms. The van der Waals surface area contributed by atoms with Gasteiger partial charge in [-0.05, 0) is 38.3 Å². The predicted octanol–water partition coefficient (Wildman–Crippen LogP) is 4.01. The number of hydrogen-bond donors (Lipinski definition) is 0. The minimum atomic E-state index is -0.213. The van der Waals surface area contributed by atoms with E-state index >= 15 is 0 Å². The summed E-state index contributed by atoms with van der Waals surface area (Å²) < 4.78 is 18.5. The average Bonchev–Trinajstić information content (AvgIpc) is 2.70. The first-order chi connectivity index (χ1) is 11.0. The highest BCUT2D eigenvalue weighted by Gasteiger charge is 2.23. The van der Waals surface area contributed by atoms with Crippen LogP contribution >= 0.6 is 0 Å². The number of benzene rings is 1. The molecule has 1 atom stereocenters. The van der Waals surface area contributed by atoms with Crippen molar-refractivity contribution in [2.24, 2.45) is 0 Å². The lowest BCUT2D eigenvalue weighted by Crippen LogP contribution is -2.32. The molecule has 1 aliphatic heterocycles. The Bertz CT molecular complexity index is 576. The Hall–Kier alpha value is -1.94. The van der Waals surface area contributed by atoms with Crippen molar-refractivity contribution < 1.29 is 13.9 Å². The van der Waals surface area contributed by atoms with Crippen LogP contribution in [0.1, 0.15) is 32.3 Å². The molecule has 1 saturated heterocycles. The summed E-state index contributed by atoms with van der Waals surface area (Å²) in [6, 6.07) is 9.97. The van der Waals surface area contributed by atoms with E-state index in [-0.39, 0.29) is 24.4 Å². The maximum absolute atomic E-state index is 12.7. The highest BCUT2D eigenvalue weighted by Crippen LogP contribution is 2.17. The third-order valence-electron chi connectivity index (χ3n) is 3.88. The second-order valence-corrected chi connectivity index (χ2v) is 5.99. The smallest absolute Gasteiger partial charge is 0.248 e. The van der Waals surface area contributed by atoms with Crippen LogP contribution in [0.3, 0.4) is 0 Å². The highest BCUT2D eigenvalue weighted by molar-refractivity contribution is 5.77. The first-order valence-corrected chi connectivity index (χ1v) is 7.97. The van der Waals surface area contributed by atoms with Gasteiger partial charge in [-0.1, -0.05) is 42.0 Å². The molecule has 2 rings (SSSR count). The minimum Gasteiger partial charge on any atom is -0.368 e. The highest BCUT2D eigenvalue weighted by atomic mass is 19.1. The van der Waals surface area contributed by atoms with Crippen molar-refractivity contribution in [2.45, 2.75) is 39.3 Å². The van der Waals surface area contributed by atoms with E-state index in [0.717, 1.165) is 24.0 Å². The zero-order valence-electron chi connectivity index (χ0n) is 13.8. The number of carbonyl (C=O) groups excluding carboxylic acids is 1. The van der Waals surface area contributed by atoms with Crippen molar-refractivity contribution in [1.82, 2.24) is 4.90 Å². The van der Waals surface area contributed by atoms with Crippen LogP contribution in [0.2, 0.25) is 0 Å². The van der Waals surface area contributed by atoms with E-state index in [1.807, 2.05) is 42.2 Å². The van der Waals surface area contributed by atoms with Gasteiger partial charge in [-0.3, -0.25) is 4.79 Å². The second kappa shape index (κ2) is 8.63. The molecule has 1 aliphatic rings. The van der Waals surface area contributed by atoms with Crippen LogP contribution in [-0.2, 0) is 16.1 Å². The van der Waals surface area contributed by atoms with Gasteiger partial charge >= 0.3 is 0 Å². The predicted molar refractivity (Wildman–Crippen MR) is 89.5 cm³/mol. The average molecular weight is 317 g/mol. The Morgan fingerprint density at radius 1 is 1.30 bits per heavy atom. The topological polar surface area (TPSA) is 29.5 Å². The van der Waals surface area contributed by atoms with E-state index < -0.39 is 0 Å². The lowest BCUT2D eigenvalue weighted by Gasteiger charge is -2.20. The zero-order valence-corrected chi connectivity index (χ0v) is 13.8. The van der Waals surface area contributed by atoms with Crippen molar-refractivity contribution in [2.75, 3.05) is 13.2 Å². The van der Waals surface area contributed by atoms with Gasteiger partial charge in [-0.15, -0.1) is 0 Å². The Morgan fingerprint density at radius 3 is 2.74 bits per heavy atom.